The van der Waals surface area contributed by atoms with Crippen molar-refractivity contribution in [3.05, 3.63) is 0 Å². The van der Waals surface area contributed by atoms with Crippen molar-refractivity contribution in [2.75, 3.05) is 33.7 Å². The van der Waals surface area contributed by atoms with Crippen LogP contribution in [-0.4, -0.2) is 56.8 Å². The fourth-order valence-electron chi connectivity index (χ4n) is 1.15. The van der Waals surface area contributed by atoms with Crippen molar-refractivity contribution in [2.45, 2.75) is 32.5 Å². The van der Waals surface area contributed by atoms with E-state index in [9.17, 15) is 13.2 Å². The fourth-order valence-corrected chi connectivity index (χ4v) is 1.15. The van der Waals surface area contributed by atoms with Crippen LogP contribution in [0.15, 0.2) is 4.99 Å². The molecule has 0 bridgehead atoms. The summed E-state index contributed by atoms with van der Waals surface area (Å²) in [5.41, 5.74) is 0. The number of rotatable bonds is 6. The van der Waals surface area contributed by atoms with Crippen molar-refractivity contribution >= 4 is 5.96 Å². The van der Waals surface area contributed by atoms with Crippen LogP contribution in [0.2, 0.25) is 0 Å². The van der Waals surface area contributed by atoms with Crippen molar-refractivity contribution in [1.82, 2.24) is 15.5 Å². The van der Waals surface area contributed by atoms with Crippen molar-refractivity contribution in [3.8, 4) is 0 Å². The number of nitrogens with one attached hydrogen (secondary N) is 2. The first-order valence-corrected chi connectivity index (χ1v) is 5.97. The van der Waals surface area contributed by atoms with Gasteiger partial charge in [-0.25, -0.2) is 0 Å². The third-order valence-electron chi connectivity index (χ3n) is 2.56. The molecule has 0 spiro atoms. The Kier molecular flexibility index (Phi) is 7.73. The predicted octanol–water partition coefficient (Wildman–Crippen LogP) is 1.44. The molecule has 18 heavy (non-hydrogen) atoms. The highest BCUT2D eigenvalue weighted by Gasteiger charge is 2.26. The second kappa shape index (κ2) is 8.18. The lowest BCUT2D eigenvalue weighted by Crippen LogP contribution is -2.42. The van der Waals surface area contributed by atoms with Gasteiger partial charge >= 0.3 is 6.18 Å². The van der Waals surface area contributed by atoms with Crippen LogP contribution in [-0.2, 0) is 0 Å². The van der Waals surface area contributed by atoms with Gasteiger partial charge in [-0.3, -0.25) is 4.99 Å². The van der Waals surface area contributed by atoms with Crippen molar-refractivity contribution in [2.24, 2.45) is 4.99 Å². The largest absolute Gasteiger partial charge is 0.390 e. The third kappa shape index (κ3) is 9.09. The first-order chi connectivity index (χ1) is 8.26. The SMILES string of the molecule is CN=C(NCCN(C)C(C)C)NCCC(F)(F)F. The Balaban J connectivity index is 3.79. The normalized spacial score (nSPS) is 13.3. The second-order valence-electron chi connectivity index (χ2n) is 4.37. The van der Waals surface area contributed by atoms with Gasteiger partial charge in [-0.2, -0.15) is 13.2 Å². The van der Waals surface area contributed by atoms with Crippen molar-refractivity contribution in [1.29, 1.82) is 0 Å². The Hall–Kier alpha value is -0.980. The van der Waals surface area contributed by atoms with Crippen molar-refractivity contribution in [3.63, 3.8) is 0 Å². The van der Waals surface area contributed by atoms with E-state index < -0.39 is 12.6 Å². The smallest absolute Gasteiger partial charge is 0.356 e. The maximum Gasteiger partial charge on any atom is 0.390 e. The average Bonchev–Trinajstić information content (AvgIpc) is 2.24. The fraction of sp³-hybridized carbons (Fsp3) is 0.909. The number of hydrogen-bond acceptors (Lipinski definition) is 2. The van der Waals surface area contributed by atoms with Gasteiger partial charge in [0.25, 0.3) is 0 Å². The molecule has 0 aromatic heterocycles. The first kappa shape index (κ1) is 17.0. The molecule has 0 aromatic carbocycles. The van der Waals surface area contributed by atoms with E-state index >= 15 is 0 Å². The monoisotopic (exact) mass is 268 g/mol. The molecule has 7 heteroatoms. The van der Waals surface area contributed by atoms with Gasteiger partial charge in [0.05, 0.1) is 6.42 Å². The highest BCUT2D eigenvalue weighted by molar-refractivity contribution is 5.79. The zero-order chi connectivity index (χ0) is 14.2. The molecular weight excluding hydrogens is 245 g/mol. The molecule has 0 radical (unpaired) electrons. The van der Waals surface area contributed by atoms with Gasteiger partial charge in [0.1, 0.15) is 0 Å². The van der Waals surface area contributed by atoms with Gasteiger partial charge in [-0.15, -0.1) is 0 Å². The average molecular weight is 268 g/mol. The summed E-state index contributed by atoms with van der Waals surface area (Å²) in [5, 5.41) is 5.60. The van der Waals surface area contributed by atoms with Gasteiger partial charge in [-0.05, 0) is 20.9 Å². The summed E-state index contributed by atoms with van der Waals surface area (Å²) in [5.74, 6) is 0.399. The molecule has 0 fully saturated rings. The van der Waals surface area contributed by atoms with Crippen LogP contribution < -0.4 is 10.6 Å². The summed E-state index contributed by atoms with van der Waals surface area (Å²) in [4.78, 5) is 5.99. The molecule has 2 N–H and O–H groups in total. The standard InChI is InChI=1S/C11H23F3N4/c1-9(2)18(4)8-7-17-10(15-3)16-6-5-11(12,13)14/h9H,5-8H2,1-4H3,(H2,15,16,17). The molecule has 108 valence electrons. The van der Waals surface area contributed by atoms with Gasteiger partial charge in [0.2, 0.25) is 0 Å². The summed E-state index contributed by atoms with van der Waals surface area (Å²) in [6.07, 6.45) is -5.00. The summed E-state index contributed by atoms with van der Waals surface area (Å²) >= 11 is 0. The zero-order valence-corrected chi connectivity index (χ0v) is 11.4. The quantitative estimate of drug-likeness (QED) is 0.566. The van der Waals surface area contributed by atoms with E-state index in [1.54, 1.807) is 0 Å². The molecule has 0 unspecified atom stereocenters. The Morgan fingerprint density at radius 1 is 1.22 bits per heavy atom. The number of halogens is 3. The molecule has 0 atom stereocenters. The number of aliphatic imine (C=N–C) groups is 1. The van der Waals surface area contributed by atoms with E-state index in [0.717, 1.165) is 6.54 Å². The lowest BCUT2D eigenvalue weighted by Gasteiger charge is -2.21. The Morgan fingerprint density at radius 2 is 1.78 bits per heavy atom. The van der Waals surface area contributed by atoms with Gasteiger partial charge in [-0.1, -0.05) is 0 Å². The minimum atomic E-state index is -4.14. The number of alkyl halides is 3. The minimum Gasteiger partial charge on any atom is -0.356 e. The Morgan fingerprint density at radius 3 is 2.22 bits per heavy atom. The number of nitrogens with zero attached hydrogens (tertiary/aromatic N) is 2. The molecule has 0 aliphatic rings. The maximum atomic E-state index is 11.9. The van der Waals surface area contributed by atoms with Gasteiger partial charge < -0.3 is 15.5 Å². The van der Waals surface area contributed by atoms with E-state index in [1.807, 2.05) is 7.05 Å². The van der Waals surface area contributed by atoms with Crippen LogP contribution >= 0.6 is 0 Å². The van der Waals surface area contributed by atoms with E-state index in [0.29, 0.717) is 18.5 Å². The Bertz CT molecular complexity index is 251. The van der Waals surface area contributed by atoms with Gasteiger partial charge in [0, 0.05) is 32.7 Å². The van der Waals surface area contributed by atoms with Crippen LogP contribution in [0.1, 0.15) is 20.3 Å². The lowest BCUT2D eigenvalue weighted by atomic mass is 10.3. The number of guanidine groups is 1. The molecule has 0 amide bonds. The summed E-state index contributed by atoms with van der Waals surface area (Å²) in [7, 11) is 3.53. The van der Waals surface area contributed by atoms with Crippen LogP contribution in [0.4, 0.5) is 13.2 Å². The molecule has 0 rings (SSSR count). The van der Waals surface area contributed by atoms with Crippen LogP contribution in [0.3, 0.4) is 0 Å². The molecule has 0 aliphatic heterocycles. The molecule has 4 nitrogen and oxygen atoms in total. The van der Waals surface area contributed by atoms with Crippen LogP contribution in [0.25, 0.3) is 0 Å². The van der Waals surface area contributed by atoms with Crippen LogP contribution in [0.5, 0.6) is 0 Å². The minimum absolute atomic E-state index is 0.163. The number of likely N-dealkylation sites (N-methyl/N-ethyl adjacent to an activating group) is 1. The predicted molar refractivity (Wildman–Crippen MR) is 67.8 cm³/mol. The molecule has 0 aromatic rings. The van der Waals surface area contributed by atoms with E-state index in [2.05, 4.69) is 34.4 Å². The Labute approximate surface area is 107 Å². The van der Waals surface area contributed by atoms with Crippen molar-refractivity contribution < 1.29 is 13.2 Å². The molecule has 0 heterocycles. The lowest BCUT2D eigenvalue weighted by molar-refractivity contribution is -0.132. The van der Waals surface area contributed by atoms with E-state index in [1.165, 1.54) is 7.05 Å². The molecule has 0 saturated heterocycles. The van der Waals surface area contributed by atoms with Crippen LogP contribution in [0, 0.1) is 0 Å². The molecule has 0 aliphatic carbocycles. The second-order valence-corrected chi connectivity index (χ2v) is 4.37. The highest BCUT2D eigenvalue weighted by atomic mass is 19.4. The zero-order valence-electron chi connectivity index (χ0n) is 11.4. The topological polar surface area (TPSA) is 39.7 Å². The summed E-state index contributed by atoms with van der Waals surface area (Å²) in [6.45, 7) is 5.44. The first-order valence-electron chi connectivity index (χ1n) is 5.97. The number of hydrogen-bond donors (Lipinski definition) is 2. The summed E-state index contributed by atoms with van der Waals surface area (Å²) in [6, 6.07) is 0.437. The molecule has 0 saturated carbocycles. The highest BCUT2D eigenvalue weighted by Crippen LogP contribution is 2.17. The van der Waals surface area contributed by atoms with E-state index in [-0.39, 0.29) is 6.54 Å². The third-order valence-corrected chi connectivity index (χ3v) is 2.56. The van der Waals surface area contributed by atoms with Gasteiger partial charge in [0.15, 0.2) is 5.96 Å². The summed E-state index contributed by atoms with van der Waals surface area (Å²) < 4.78 is 35.8. The maximum absolute atomic E-state index is 11.9. The molecular formula is C11H23F3N4. The van der Waals surface area contributed by atoms with E-state index in [4.69, 9.17) is 0 Å².